The molecule has 0 atom stereocenters. The third-order valence-electron chi connectivity index (χ3n) is 4.19. The zero-order chi connectivity index (χ0) is 15.5. The van der Waals surface area contributed by atoms with Crippen molar-refractivity contribution in [3.63, 3.8) is 0 Å². The highest BCUT2D eigenvalue weighted by molar-refractivity contribution is 5.57. The molecule has 0 heterocycles. The first-order chi connectivity index (χ1) is 10.0. The van der Waals surface area contributed by atoms with Crippen LogP contribution in [0.15, 0.2) is 12.1 Å². The highest BCUT2D eigenvalue weighted by Crippen LogP contribution is 2.45. The van der Waals surface area contributed by atoms with Crippen molar-refractivity contribution in [2.45, 2.75) is 44.6 Å². The molecule has 0 radical (unpaired) electrons. The Labute approximate surface area is 127 Å². The van der Waals surface area contributed by atoms with Crippen molar-refractivity contribution in [3.8, 4) is 17.2 Å². The lowest BCUT2D eigenvalue weighted by Gasteiger charge is -2.28. The number of benzene rings is 1. The standard InChI is InChI=1S/C17H27NO3/c1-17(2,10-11-18-12-6-7-12)13-8-9-14(19-3)16(21-5)15(13)20-4/h8-9,12,18H,6-7,10-11H2,1-5H3. The second-order valence-corrected chi connectivity index (χ2v) is 6.24. The molecule has 1 saturated carbocycles. The third-order valence-corrected chi connectivity index (χ3v) is 4.19. The molecule has 1 aliphatic carbocycles. The highest BCUT2D eigenvalue weighted by atomic mass is 16.5. The van der Waals surface area contributed by atoms with Gasteiger partial charge in [0.05, 0.1) is 21.3 Å². The quantitative estimate of drug-likeness (QED) is 0.799. The van der Waals surface area contributed by atoms with E-state index in [1.807, 2.05) is 6.07 Å². The average Bonchev–Trinajstić information content (AvgIpc) is 3.29. The van der Waals surface area contributed by atoms with Crippen molar-refractivity contribution in [2.24, 2.45) is 0 Å². The van der Waals surface area contributed by atoms with E-state index in [1.165, 1.54) is 12.8 Å². The summed E-state index contributed by atoms with van der Waals surface area (Å²) in [5.41, 5.74) is 1.16. The van der Waals surface area contributed by atoms with Crippen LogP contribution in [0.5, 0.6) is 17.2 Å². The van der Waals surface area contributed by atoms with Crippen molar-refractivity contribution in [1.82, 2.24) is 5.32 Å². The first kappa shape index (κ1) is 16.0. The summed E-state index contributed by atoms with van der Waals surface area (Å²) in [6.45, 7) is 5.51. The van der Waals surface area contributed by atoms with Gasteiger partial charge in [-0.15, -0.1) is 0 Å². The van der Waals surface area contributed by atoms with Crippen LogP contribution < -0.4 is 19.5 Å². The van der Waals surface area contributed by atoms with Gasteiger partial charge in [-0.05, 0) is 37.3 Å². The van der Waals surface area contributed by atoms with E-state index in [0.29, 0.717) is 11.5 Å². The SMILES string of the molecule is COc1ccc(C(C)(C)CCNC2CC2)c(OC)c1OC. The van der Waals surface area contributed by atoms with Gasteiger partial charge in [-0.25, -0.2) is 0 Å². The zero-order valence-corrected chi connectivity index (χ0v) is 13.8. The predicted molar refractivity (Wildman–Crippen MR) is 84.8 cm³/mol. The van der Waals surface area contributed by atoms with Crippen molar-refractivity contribution in [3.05, 3.63) is 17.7 Å². The fourth-order valence-electron chi connectivity index (χ4n) is 2.65. The lowest BCUT2D eigenvalue weighted by molar-refractivity contribution is 0.315. The number of hydrogen-bond acceptors (Lipinski definition) is 4. The van der Waals surface area contributed by atoms with Crippen LogP contribution in [-0.2, 0) is 5.41 Å². The molecule has 0 aliphatic heterocycles. The van der Waals surface area contributed by atoms with Gasteiger partial charge in [0, 0.05) is 11.6 Å². The molecule has 0 bridgehead atoms. The molecule has 1 aromatic carbocycles. The van der Waals surface area contributed by atoms with E-state index in [0.717, 1.165) is 30.3 Å². The van der Waals surface area contributed by atoms with Gasteiger partial charge < -0.3 is 19.5 Å². The normalized spacial score (nSPS) is 14.9. The van der Waals surface area contributed by atoms with Gasteiger partial charge in [0.2, 0.25) is 5.75 Å². The molecular formula is C17H27NO3. The number of hydrogen-bond donors (Lipinski definition) is 1. The molecular weight excluding hydrogens is 266 g/mol. The van der Waals surface area contributed by atoms with Gasteiger partial charge in [0.15, 0.2) is 11.5 Å². The lowest BCUT2D eigenvalue weighted by Crippen LogP contribution is -2.27. The van der Waals surface area contributed by atoms with Crippen molar-refractivity contribution in [2.75, 3.05) is 27.9 Å². The lowest BCUT2D eigenvalue weighted by atomic mass is 9.80. The Kier molecular flexibility index (Phi) is 4.99. The molecule has 0 spiro atoms. The fraction of sp³-hybridized carbons (Fsp3) is 0.647. The third kappa shape index (κ3) is 3.62. The minimum absolute atomic E-state index is 0.00673. The molecule has 1 aromatic rings. The number of nitrogens with one attached hydrogen (secondary N) is 1. The van der Waals surface area contributed by atoms with E-state index in [-0.39, 0.29) is 5.41 Å². The second-order valence-electron chi connectivity index (χ2n) is 6.24. The maximum absolute atomic E-state index is 5.61. The van der Waals surface area contributed by atoms with Crippen LogP contribution in [0.25, 0.3) is 0 Å². The van der Waals surface area contributed by atoms with Gasteiger partial charge in [-0.3, -0.25) is 0 Å². The fourth-order valence-corrected chi connectivity index (χ4v) is 2.65. The van der Waals surface area contributed by atoms with E-state index in [4.69, 9.17) is 14.2 Å². The number of rotatable bonds is 8. The van der Waals surface area contributed by atoms with E-state index in [9.17, 15) is 0 Å². The van der Waals surface area contributed by atoms with Crippen LogP contribution in [0.4, 0.5) is 0 Å². The summed E-state index contributed by atoms with van der Waals surface area (Å²) in [5.74, 6) is 2.14. The van der Waals surface area contributed by atoms with E-state index >= 15 is 0 Å². The highest BCUT2D eigenvalue weighted by Gasteiger charge is 2.29. The summed E-state index contributed by atoms with van der Waals surface area (Å²) in [6.07, 6.45) is 3.69. The summed E-state index contributed by atoms with van der Waals surface area (Å²) in [7, 11) is 4.97. The van der Waals surface area contributed by atoms with Crippen LogP contribution in [0, 0.1) is 0 Å². The molecule has 1 aliphatic rings. The van der Waals surface area contributed by atoms with Crippen LogP contribution in [0.2, 0.25) is 0 Å². The molecule has 0 aromatic heterocycles. The zero-order valence-electron chi connectivity index (χ0n) is 13.8. The summed E-state index contributed by atoms with van der Waals surface area (Å²) in [6, 6.07) is 4.78. The van der Waals surface area contributed by atoms with Crippen LogP contribution >= 0.6 is 0 Å². The first-order valence-electron chi connectivity index (χ1n) is 7.56. The van der Waals surface area contributed by atoms with E-state index in [1.54, 1.807) is 21.3 Å². The van der Waals surface area contributed by atoms with E-state index < -0.39 is 0 Å². The molecule has 4 heteroatoms. The molecule has 118 valence electrons. The average molecular weight is 293 g/mol. The number of methoxy groups -OCH3 is 3. The maximum atomic E-state index is 5.61. The van der Waals surface area contributed by atoms with Crippen molar-refractivity contribution >= 4 is 0 Å². The molecule has 0 amide bonds. The smallest absolute Gasteiger partial charge is 0.203 e. The summed E-state index contributed by atoms with van der Waals surface area (Å²) in [4.78, 5) is 0. The molecule has 2 rings (SSSR count). The van der Waals surface area contributed by atoms with Gasteiger partial charge >= 0.3 is 0 Å². The first-order valence-corrected chi connectivity index (χ1v) is 7.56. The summed E-state index contributed by atoms with van der Waals surface area (Å²) in [5, 5.41) is 3.57. The Bertz CT molecular complexity index is 481. The molecule has 0 unspecified atom stereocenters. The van der Waals surface area contributed by atoms with Crippen molar-refractivity contribution < 1.29 is 14.2 Å². The maximum Gasteiger partial charge on any atom is 0.203 e. The topological polar surface area (TPSA) is 39.7 Å². The van der Waals surface area contributed by atoms with Gasteiger partial charge in [-0.2, -0.15) is 0 Å². The predicted octanol–water partition coefficient (Wildman–Crippen LogP) is 3.13. The monoisotopic (exact) mass is 293 g/mol. The van der Waals surface area contributed by atoms with Gasteiger partial charge in [0.1, 0.15) is 0 Å². The van der Waals surface area contributed by atoms with E-state index in [2.05, 4.69) is 25.2 Å². The van der Waals surface area contributed by atoms with Gasteiger partial charge in [0.25, 0.3) is 0 Å². The second kappa shape index (κ2) is 6.56. The van der Waals surface area contributed by atoms with Crippen LogP contribution in [-0.4, -0.2) is 33.9 Å². The number of ether oxygens (including phenoxy) is 3. The van der Waals surface area contributed by atoms with Gasteiger partial charge in [-0.1, -0.05) is 19.9 Å². The minimum atomic E-state index is 0.00673. The Morgan fingerprint density at radius 1 is 1.05 bits per heavy atom. The summed E-state index contributed by atoms with van der Waals surface area (Å²) < 4.78 is 16.4. The molecule has 1 fully saturated rings. The Morgan fingerprint density at radius 3 is 2.24 bits per heavy atom. The molecule has 4 nitrogen and oxygen atoms in total. The van der Waals surface area contributed by atoms with Crippen molar-refractivity contribution in [1.29, 1.82) is 0 Å². The Hall–Kier alpha value is -1.42. The largest absolute Gasteiger partial charge is 0.493 e. The molecule has 0 saturated heterocycles. The van der Waals surface area contributed by atoms with Crippen LogP contribution in [0.3, 0.4) is 0 Å². The Balaban J connectivity index is 2.23. The van der Waals surface area contributed by atoms with Crippen LogP contribution in [0.1, 0.15) is 38.7 Å². The molecule has 1 N–H and O–H groups in total. The minimum Gasteiger partial charge on any atom is -0.493 e. The Morgan fingerprint density at radius 2 is 1.71 bits per heavy atom. The summed E-state index contributed by atoms with van der Waals surface area (Å²) >= 11 is 0. The molecule has 21 heavy (non-hydrogen) atoms.